The van der Waals surface area contributed by atoms with Crippen LogP contribution in [0.5, 0.6) is 5.75 Å². The predicted molar refractivity (Wildman–Crippen MR) is 255 cm³/mol. The minimum absolute atomic E-state index is 0.175. The van der Waals surface area contributed by atoms with E-state index in [1.807, 2.05) is 83.0 Å². The first-order valence-corrected chi connectivity index (χ1v) is 24.1. The number of nitrogens with one attached hydrogen (secondary N) is 1. The van der Waals surface area contributed by atoms with Gasteiger partial charge < -0.3 is 43.8 Å². The second-order valence-electron chi connectivity index (χ2n) is 21.3. The third kappa shape index (κ3) is 6.95. The Kier molecular flexibility index (Phi) is 11.8. The largest absolute Gasteiger partial charge is 0.496 e. The number of carbonyl (C=O) groups is 4. The van der Waals surface area contributed by atoms with Gasteiger partial charge in [-0.15, -0.1) is 0 Å². The van der Waals surface area contributed by atoms with Crippen molar-refractivity contribution in [2.45, 2.75) is 126 Å². The van der Waals surface area contributed by atoms with Crippen LogP contribution in [0.4, 0.5) is 5.69 Å². The summed E-state index contributed by atoms with van der Waals surface area (Å²) in [6.45, 7) is 13.7. The second kappa shape index (κ2) is 16.7. The van der Waals surface area contributed by atoms with E-state index in [1.54, 1.807) is 13.2 Å². The molecule has 3 aromatic rings. The van der Waals surface area contributed by atoms with Crippen molar-refractivity contribution in [3.05, 3.63) is 76.5 Å². The SMILES string of the molecule is CC[C@]1(O)C[C@H]2CN(CCc3c([nH]c4ccc(/C=C/C(=O)OC(C)(C)C)cc34)[C@@](C(=O)OC)(c3cc4c(cc3OC)N(C)C3[C@]45CCN4CC=C[C@@](CC)([C@@H](OC(C)=O)[C@]3(O)C(=O)OC)[C@H]45)C2)C1. The second-order valence-corrected chi connectivity index (χ2v) is 21.3. The monoisotopic (exact) mass is 936 g/mol. The topological polar surface area (TPSA) is 180 Å². The maximum atomic E-state index is 15.6. The average Bonchev–Trinajstić information content (AvgIpc) is 3.96. The Morgan fingerprint density at radius 3 is 2.35 bits per heavy atom. The number of piperidine rings is 1. The van der Waals surface area contributed by atoms with E-state index in [2.05, 4.69) is 20.9 Å². The molecule has 1 aromatic heterocycles. The van der Waals surface area contributed by atoms with Crippen LogP contribution >= 0.6 is 0 Å². The van der Waals surface area contributed by atoms with E-state index in [1.165, 1.54) is 27.2 Å². The molecular formula is C53H68N4O11. The molecule has 68 heavy (non-hydrogen) atoms. The zero-order valence-electron chi connectivity index (χ0n) is 41.2. The van der Waals surface area contributed by atoms with Gasteiger partial charge in [0.15, 0.2) is 6.10 Å². The Balaban J connectivity index is 1.33. The molecule has 9 rings (SSSR count). The lowest BCUT2D eigenvalue weighted by molar-refractivity contribution is -0.228. The molecule has 2 aromatic carbocycles. The van der Waals surface area contributed by atoms with Gasteiger partial charge in [-0.05, 0) is 113 Å². The van der Waals surface area contributed by atoms with Crippen molar-refractivity contribution in [2.24, 2.45) is 11.3 Å². The number of ether oxygens (including phenoxy) is 5. The van der Waals surface area contributed by atoms with Crippen LogP contribution < -0.4 is 9.64 Å². The van der Waals surface area contributed by atoms with Crippen LogP contribution in [0.25, 0.3) is 17.0 Å². The third-order valence-corrected chi connectivity index (χ3v) is 16.5. The molecule has 1 spiro atoms. The fourth-order valence-corrected chi connectivity index (χ4v) is 14.2. The molecule has 15 nitrogen and oxygen atoms in total. The molecule has 0 amide bonds. The number of carbonyl (C=O) groups excluding carboxylic acids is 4. The number of nitrogens with zero attached hydrogens (tertiary/aromatic N) is 3. The van der Waals surface area contributed by atoms with Crippen molar-refractivity contribution in [3.63, 3.8) is 0 Å². The van der Waals surface area contributed by atoms with Crippen molar-refractivity contribution < 1.29 is 53.1 Å². The number of aromatic nitrogens is 1. The summed E-state index contributed by atoms with van der Waals surface area (Å²) in [6, 6.07) is 8.57. The molecule has 10 atom stereocenters. The normalized spacial score (nSPS) is 33.9. The Morgan fingerprint density at radius 2 is 1.69 bits per heavy atom. The summed E-state index contributed by atoms with van der Waals surface area (Å²) < 4.78 is 29.7. The first-order valence-electron chi connectivity index (χ1n) is 24.1. The molecule has 6 aliphatic rings. The van der Waals surface area contributed by atoms with Gasteiger partial charge in [0.25, 0.3) is 0 Å². The van der Waals surface area contributed by atoms with Crippen LogP contribution in [0.3, 0.4) is 0 Å². The van der Waals surface area contributed by atoms with Gasteiger partial charge in [-0.3, -0.25) is 19.4 Å². The zero-order chi connectivity index (χ0) is 48.9. The number of anilines is 1. The predicted octanol–water partition coefficient (Wildman–Crippen LogP) is 5.35. The molecule has 3 N–H and O–H groups in total. The molecular weight excluding hydrogens is 869 g/mol. The van der Waals surface area contributed by atoms with Crippen LogP contribution in [0, 0.1) is 11.3 Å². The minimum Gasteiger partial charge on any atom is -0.496 e. The van der Waals surface area contributed by atoms with E-state index in [0.29, 0.717) is 87.5 Å². The number of hydrogen-bond acceptors (Lipinski definition) is 14. The molecule has 366 valence electrons. The summed E-state index contributed by atoms with van der Waals surface area (Å²) in [5, 5.41) is 26.5. The van der Waals surface area contributed by atoms with Crippen molar-refractivity contribution >= 4 is 46.5 Å². The summed E-state index contributed by atoms with van der Waals surface area (Å²) in [6.07, 6.45) is 8.66. The average molecular weight is 937 g/mol. The molecule has 2 saturated heterocycles. The van der Waals surface area contributed by atoms with Gasteiger partial charge in [0.2, 0.25) is 5.60 Å². The molecule has 5 aliphatic heterocycles. The standard InChI is InChI=1S/C53H68N4O11/c1-11-49(62)27-33-28-52(46(60)65-9,42-34(18-22-56(29-33)30-49)35-24-32(14-16-38(35)54-42)15-17-41(59)68-48(4,5)6)37-25-36-39(26-40(37)64-8)55(7)44-51(36)20-23-57-21-13-19-50(12-2,43(51)57)45(67-31(3)58)53(44,63)47(61)66-10/h13-17,19,24-26,33,43-45,54,62-63H,11-12,18,20-23,27-30H2,1-10H3/b17-15+/t33-,43+,44?,45-,49+,50-,51-,52+,53+/m1/s1. The number of methoxy groups -OCH3 is 3. The van der Waals surface area contributed by atoms with E-state index in [9.17, 15) is 24.6 Å². The molecule has 1 aliphatic carbocycles. The number of hydrogen-bond donors (Lipinski definition) is 3. The maximum Gasteiger partial charge on any atom is 0.344 e. The van der Waals surface area contributed by atoms with Crippen LogP contribution in [-0.2, 0) is 55.4 Å². The zero-order valence-corrected chi connectivity index (χ0v) is 41.2. The van der Waals surface area contributed by atoms with Crippen LogP contribution in [0.15, 0.2) is 48.6 Å². The van der Waals surface area contributed by atoms with Crippen LogP contribution in [0.2, 0.25) is 0 Å². The number of likely N-dealkylation sites (N-methyl/N-ethyl adjacent to an activating group) is 1. The van der Waals surface area contributed by atoms with Gasteiger partial charge >= 0.3 is 23.9 Å². The lowest BCUT2D eigenvalue weighted by Gasteiger charge is -2.63. The van der Waals surface area contributed by atoms with E-state index in [-0.39, 0.29) is 18.4 Å². The first kappa shape index (κ1) is 47.8. The number of benzene rings is 2. The Morgan fingerprint density at radius 1 is 0.941 bits per heavy atom. The Hall–Kier alpha value is -5.22. The summed E-state index contributed by atoms with van der Waals surface area (Å²) in [7, 11) is 6.07. The van der Waals surface area contributed by atoms with Gasteiger partial charge in [0, 0.05) is 97.0 Å². The van der Waals surface area contributed by atoms with Crippen molar-refractivity contribution in [2.75, 3.05) is 66.0 Å². The van der Waals surface area contributed by atoms with Gasteiger partial charge in [-0.2, -0.15) is 0 Å². The van der Waals surface area contributed by atoms with Crippen LogP contribution in [-0.4, -0.2) is 145 Å². The lowest BCUT2D eigenvalue weighted by Crippen LogP contribution is -2.81. The Labute approximate surface area is 398 Å². The number of fused-ring (bicyclic) bond motifs is 6. The highest BCUT2D eigenvalue weighted by Crippen LogP contribution is 2.68. The number of esters is 4. The summed E-state index contributed by atoms with van der Waals surface area (Å²) in [5.74, 6) is -2.27. The smallest absolute Gasteiger partial charge is 0.344 e. The number of aliphatic hydroxyl groups is 2. The molecule has 2 bridgehead atoms. The maximum absolute atomic E-state index is 15.6. The highest BCUT2D eigenvalue weighted by atomic mass is 16.6. The first-order chi connectivity index (χ1) is 32.2. The minimum atomic E-state index is -2.35. The van der Waals surface area contributed by atoms with Crippen molar-refractivity contribution in [1.82, 2.24) is 14.8 Å². The number of H-pyrrole nitrogens is 1. The summed E-state index contributed by atoms with van der Waals surface area (Å²) in [4.78, 5) is 66.4. The molecule has 6 heterocycles. The van der Waals surface area contributed by atoms with Gasteiger partial charge in [0.1, 0.15) is 16.8 Å². The van der Waals surface area contributed by atoms with E-state index in [4.69, 9.17) is 23.7 Å². The highest BCUT2D eigenvalue weighted by molar-refractivity contribution is 5.96. The van der Waals surface area contributed by atoms with Crippen LogP contribution in [0.1, 0.15) is 102 Å². The molecule has 3 fully saturated rings. The summed E-state index contributed by atoms with van der Waals surface area (Å²) >= 11 is 0. The molecule has 1 saturated carbocycles. The van der Waals surface area contributed by atoms with Gasteiger partial charge in [-0.25, -0.2) is 9.59 Å². The fraction of sp³-hybridized carbons (Fsp3) is 0.585. The van der Waals surface area contributed by atoms with Gasteiger partial charge in [0.05, 0.1) is 33.0 Å². The number of rotatable bonds is 9. The van der Waals surface area contributed by atoms with Crippen molar-refractivity contribution in [3.8, 4) is 5.75 Å². The number of aromatic amines is 1. The van der Waals surface area contributed by atoms with Crippen molar-refractivity contribution in [1.29, 1.82) is 0 Å². The van der Waals surface area contributed by atoms with E-state index < -0.39 is 69.1 Å². The highest BCUT2D eigenvalue weighted by Gasteiger charge is 2.80. The third-order valence-electron chi connectivity index (χ3n) is 16.5. The molecule has 0 radical (unpaired) electrons. The van der Waals surface area contributed by atoms with Gasteiger partial charge in [-0.1, -0.05) is 32.1 Å². The molecule has 15 heteroatoms. The summed E-state index contributed by atoms with van der Waals surface area (Å²) in [5.41, 5.74) is -2.33. The quantitative estimate of drug-likeness (QED) is 0.108. The van der Waals surface area contributed by atoms with E-state index in [0.717, 1.165) is 27.6 Å². The van der Waals surface area contributed by atoms with E-state index >= 15 is 4.79 Å². The molecule has 2 unspecified atom stereocenters. The Bertz CT molecular complexity index is 2620. The fourth-order valence-electron chi connectivity index (χ4n) is 14.2. The lowest BCUT2D eigenvalue weighted by atomic mass is 9.47.